The van der Waals surface area contributed by atoms with Gasteiger partial charge in [-0.1, -0.05) is 55.7 Å². The Bertz CT molecular complexity index is 1230. The van der Waals surface area contributed by atoms with Crippen LogP contribution in [0.3, 0.4) is 0 Å². The van der Waals surface area contributed by atoms with Gasteiger partial charge in [0.15, 0.2) is 0 Å². The molecule has 2 heterocycles. The number of rotatable bonds is 9. The molecule has 2 aromatic carbocycles. The van der Waals surface area contributed by atoms with E-state index in [4.69, 9.17) is 4.74 Å². The zero-order valence-electron chi connectivity index (χ0n) is 22.6. The Morgan fingerprint density at radius 3 is 2.51 bits per heavy atom. The number of carbonyl (C=O) groups is 2. The minimum atomic E-state index is -0.178. The lowest BCUT2D eigenvalue weighted by molar-refractivity contribution is -0.135. The van der Waals surface area contributed by atoms with Crippen LogP contribution in [0.25, 0.3) is 0 Å². The van der Waals surface area contributed by atoms with Crippen LogP contribution in [0.4, 0.5) is 0 Å². The molecule has 0 saturated carbocycles. The average molecular weight is 519 g/mol. The standard InChI is InChI=1S/C31H38N2O3S/c1-6-21(2)18-32(31(35)25-10-7-22(3)8-11-25)19-30(34)33-15-13-29-26(14-16-37-29)27(33)20-36-28-12-9-23(4)17-24(28)5/h7-12,14,16-17,21,27H,6,13,15,18-20H2,1-5H3/t21-,27+/m0/s1. The van der Waals surface area contributed by atoms with Crippen molar-refractivity contribution in [3.05, 3.63) is 86.6 Å². The zero-order chi connectivity index (χ0) is 26.5. The maximum Gasteiger partial charge on any atom is 0.254 e. The van der Waals surface area contributed by atoms with Gasteiger partial charge in [-0.05, 0) is 73.9 Å². The number of fused-ring (bicyclic) bond motifs is 1. The van der Waals surface area contributed by atoms with Crippen LogP contribution in [0.5, 0.6) is 5.75 Å². The molecule has 5 nitrogen and oxygen atoms in total. The quantitative estimate of drug-likeness (QED) is 0.331. The Morgan fingerprint density at radius 1 is 1.08 bits per heavy atom. The highest BCUT2D eigenvalue weighted by Crippen LogP contribution is 2.34. The van der Waals surface area contributed by atoms with E-state index in [1.165, 1.54) is 10.4 Å². The molecule has 0 fully saturated rings. The summed E-state index contributed by atoms with van der Waals surface area (Å²) in [6.45, 7) is 12.0. The second-order valence-electron chi connectivity index (χ2n) is 10.3. The molecule has 0 N–H and O–H groups in total. The van der Waals surface area contributed by atoms with Crippen molar-refractivity contribution in [3.63, 3.8) is 0 Å². The number of hydrogen-bond donors (Lipinski definition) is 0. The molecule has 3 aromatic rings. The van der Waals surface area contributed by atoms with Crippen LogP contribution in [0, 0.1) is 26.7 Å². The minimum Gasteiger partial charge on any atom is -0.491 e. The normalized spacial score (nSPS) is 15.7. The van der Waals surface area contributed by atoms with Gasteiger partial charge in [-0.2, -0.15) is 0 Å². The van der Waals surface area contributed by atoms with Crippen molar-refractivity contribution in [1.29, 1.82) is 0 Å². The van der Waals surface area contributed by atoms with Crippen molar-refractivity contribution in [1.82, 2.24) is 9.80 Å². The van der Waals surface area contributed by atoms with Crippen molar-refractivity contribution in [2.24, 2.45) is 5.92 Å². The molecule has 1 aliphatic heterocycles. The Balaban J connectivity index is 1.55. The van der Waals surface area contributed by atoms with E-state index in [9.17, 15) is 9.59 Å². The lowest BCUT2D eigenvalue weighted by Crippen LogP contribution is -2.48. The van der Waals surface area contributed by atoms with Gasteiger partial charge in [0, 0.05) is 23.5 Å². The molecule has 0 aliphatic carbocycles. The van der Waals surface area contributed by atoms with Crippen LogP contribution in [0.1, 0.15) is 63.8 Å². The van der Waals surface area contributed by atoms with E-state index in [-0.39, 0.29) is 24.4 Å². The summed E-state index contributed by atoms with van der Waals surface area (Å²) in [7, 11) is 0. The van der Waals surface area contributed by atoms with E-state index in [1.54, 1.807) is 16.2 Å². The van der Waals surface area contributed by atoms with E-state index in [1.807, 2.05) is 55.1 Å². The van der Waals surface area contributed by atoms with E-state index in [2.05, 4.69) is 38.3 Å². The maximum atomic E-state index is 13.8. The van der Waals surface area contributed by atoms with Gasteiger partial charge in [0.05, 0.1) is 6.04 Å². The smallest absolute Gasteiger partial charge is 0.254 e. The van der Waals surface area contributed by atoms with Crippen LogP contribution in [-0.4, -0.2) is 47.9 Å². The summed E-state index contributed by atoms with van der Waals surface area (Å²) in [4.78, 5) is 32.2. The summed E-state index contributed by atoms with van der Waals surface area (Å²) in [6.07, 6.45) is 1.77. The van der Waals surface area contributed by atoms with Crippen LogP contribution in [0.2, 0.25) is 0 Å². The van der Waals surface area contributed by atoms with Gasteiger partial charge in [0.2, 0.25) is 5.91 Å². The summed E-state index contributed by atoms with van der Waals surface area (Å²) < 4.78 is 6.28. The lowest BCUT2D eigenvalue weighted by Gasteiger charge is -2.37. The third-order valence-electron chi connectivity index (χ3n) is 7.28. The summed E-state index contributed by atoms with van der Waals surface area (Å²) in [6, 6.07) is 15.7. The minimum absolute atomic E-state index is 0.0326. The van der Waals surface area contributed by atoms with Crippen molar-refractivity contribution in [2.75, 3.05) is 26.2 Å². The molecule has 0 unspecified atom stereocenters. The first-order valence-electron chi connectivity index (χ1n) is 13.2. The molecule has 0 radical (unpaired) electrons. The van der Waals surface area contributed by atoms with E-state index in [0.29, 0.717) is 31.2 Å². The molecule has 2 atom stereocenters. The topological polar surface area (TPSA) is 49.9 Å². The molecule has 0 saturated heterocycles. The first-order chi connectivity index (χ1) is 17.8. The van der Waals surface area contributed by atoms with Gasteiger partial charge in [-0.15, -0.1) is 11.3 Å². The third kappa shape index (κ3) is 6.42. The van der Waals surface area contributed by atoms with Gasteiger partial charge in [0.25, 0.3) is 5.91 Å². The Labute approximate surface area is 225 Å². The molecule has 4 rings (SSSR count). The maximum absolute atomic E-state index is 13.8. The highest BCUT2D eigenvalue weighted by molar-refractivity contribution is 7.10. The first-order valence-corrected chi connectivity index (χ1v) is 14.1. The average Bonchev–Trinajstić information content (AvgIpc) is 3.37. The largest absolute Gasteiger partial charge is 0.491 e. The number of thiophene rings is 1. The van der Waals surface area contributed by atoms with Gasteiger partial charge < -0.3 is 14.5 Å². The fraction of sp³-hybridized carbons (Fsp3) is 0.419. The second kappa shape index (κ2) is 12.0. The third-order valence-corrected chi connectivity index (χ3v) is 8.28. The molecule has 0 bridgehead atoms. The monoisotopic (exact) mass is 518 g/mol. The van der Waals surface area contributed by atoms with Crippen LogP contribution < -0.4 is 4.74 Å². The van der Waals surface area contributed by atoms with Gasteiger partial charge in [-0.3, -0.25) is 9.59 Å². The SMILES string of the molecule is CC[C@H](C)CN(CC(=O)N1CCc2sccc2[C@H]1COc1ccc(C)cc1C)C(=O)c1ccc(C)cc1. The zero-order valence-corrected chi connectivity index (χ0v) is 23.4. The predicted molar refractivity (Wildman–Crippen MR) is 150 cm³/mol. The fourth-order valence-corrected chi connectivity index (χ4v) is 5.79. The van der Waals surface area contributed by atoms with Crippen molar-refractivity contribution >= 4 is 23.2 Å². The number of hydrogen-bond acceptors (Lipinski definition) is 4. The molecular weight excluding hydrogens is 480 g/mol. The Hall–Kier alpha value is -3.12. The van der Waals surface area contributed by atoms with Crippen LogP contribution in [0.15, 0.2) is 53.9 Å². The summed E-state index contributed by atoms with van der Waals surface area (Å²) in [5.41, 5.74) is 5.16. The number of nitrogens with zero attached hydrogens (tertiary/aromatic N) is 2. The van der Waals surface area contributed by atoms with Crippen LogP contribution in [-0.2, 0) is 11.2 Å². The van der Waals surface area contributed by atoms with E-state index < -0.39 is 0 Å². The number of carbonyl (C=O) groups excluding carboxylic acids is 2. The number of benzene rings is 2. The van der Waals surface area contributed by atoms with E-state index in [0.717, 1.165) is 35.3 Å². The highest BCUT2D eigenvalue weighted by atomic mass is 32.1. The van der Waals surface area contributed by atoms with Gasteiger partial charge in [0.1, 0.15) is 18.9 Å². The van der Waals surface area contributed by atoms with Crippen molar-refractivity contribution in [3.8, 4) is 5.75 Å². The molecule has 6 heteroatoms. The molecule has 1 aromatic heterocycles. The van der Waals surface area contributed by atoms with Gasteiger partial charge >= 0.3 is 0 Å². The summed E-state index contributed by atoms with van der Waals surface area (Å²) in [5, 5.41) is 2.10. The van der Waals surface area contributed by atoms with Crippen molar-refractivity contribution in [2.45, 2.75) is 53.5 Å². The molecule has 1 aliphatic rings. The number of aryl methyl sites for hydroxylation is 3. The number of amides is 2. The molecular formula is C31H38N2O3S. The van der Waals surface area contributed by atoms with E-state index >= 15 is 0 Å². The summed E-state index contributed by atoms with van der Waals surface area (Å²) in [5.74, 6) is 1.02. The molecule has 196 valence electrons. The Morgan fingerprint density at radius 2 is 1.81 bits per heavy atom. The second-order valence-corrected chi connectivity index (χ2v) is 11.3. The van der Waals surface area contributed by atoms with Crippen LogP contribution >= 0.6 is 11.3 Å². The number of ether oxygens (including phenoxy) is 1. The predicted octanol–water partition coefficient (Wildman–Crippen LogP) is 6.37. The lowest BCUT2D eigenvalue weighted by atomic mass is 10.00. The molecule has 2 amide bonds. The first kappa shape index (κ1) is 26.9. The van der Waals surface area contributed by atoms with Gasteiger partial charge in [-0.25, -0.2) is 0 Å². The summed E-state index contributed by atoms with van der Waals surface area (Å²) >= 11 is 1.74. The Kier molecular flexibility index (Phi) is 8.70. The molecule has 0 spiro atoms. The molecule has 37 heavy (non-hydrogen) atoms. The van der Waals surface area contributed by atoms with Crippen molar-refractivity contribution < 1.29 is 14.3 Å². The highest BCUT2D eigenvalue weighted by Gasteiger charge is 2.34. The fourth-order valence-electron chi connectivity index (χ4n) is 4.86.